The van der Waals surface area contributed by atoms with E-state index in [0.29, 0.717) is 18.9 Å². The van der Waals surface area contributed by atoms with Crippen LogP contribution < -0.4 is 4.74 Å². The van der Waals surface area contributed by atoms with Crippen LogP contribution in [-0.2, 0) is 20.7 Å². The van der Waals surface area contributed by atoms with Gasteiger partial charge in [0, 0.05) is 25.0 Å². The maximum Gasteiger partial charge on any atom is 0.151 e. The molecule has 2 aromatic rings. The van der Waals surface area contributed by atoms with Crippen LogP contribution in [0.1, 0.15) is 46.6 Å². The van der Waals surface area contributed by atoms with Gasteiger partial charge in [-0.05, 0) is 80.3 Å². The molecule has 31 heavy (non-hydrogen) atoms. The molecule has 4 unspecified atom stereocenters. The third-order valence-corrected chi connectivity index (χ3v) is 7.04. The van der Waals surface area contributed by atoms with Crippen molar-refractivity contribution in [1.29, 1.82) is 0 Å². The highest BCUT2D eigenvalue weighted by atomic mass is 16.5. The normalized spacial score (nSPS) is 25.9. The van der Waals surface area contributed by atoms with Crippen molar-refractivity contribution < 1.29 is 19.1 Å². The Hall–Kier alpha value is -2.46. The van der Waals surface area contributed by atoms with E-state index in [1.165, 1.54) is 0 Å². The molecule has 0 spiro atoms. The summed E-state index contributed by atoms with van der Waals surface area (Å²) >= 11 is 0. The number of methoxy groups -OCH3 is 1. The van der Waals surface area contributed by atoms with Gasteiger partial charge in [-0.2, -0.15) is 0 Å². The van der Waals surface area contributed by atoms with E-state index < -0.39 is 5.92 Å². The second-order valence-electron chi connectivity index (χ2n) is 9.28. The number of benzene rings is 2. The van der Waals surface area contributed by atoms with Gasteiger partial charge >= 0.3 is 0 Å². The molecule has 4 nitrogen and oxygen atoms in total. The van der Waals surface area contributed by atoms with Crippen LogP contribution in [0.3, 0.4) is 0 Å². The van der Waals surface area contributed by atoms with Crippen molar-refractivity contribution in [3.8, 4) is 5.75 Å². The Morgan fingerprint density at radius 1 is 0.968 bits per heavy atom. The Morgan fingerprint density at radius 2 is 1.61 bits per heavy atom. The maximum absolute atomic E-state index is 13.7. The molecule has 2 aliphatic rings. The first kappa shape index (κ1) is 21.8. The van der Waals surface area contributed by atoms with Crippen LogP contribution in [0.15, 0.2) is 36.4 Å². The fourth-order valence-corrected chi connectivity index (χ4v) is 5.56. The first-order valence-corrected chi connectivity index (χ1v) is 11.2. The highest BCUT2D eigenvalue weighted by molar-refractivity contribution is 6.16. The van der Waals surface area contributed by atoms with E-state index in [0.717, 1.165) is 53.0 Å². The molecule has 4 heteroatoms. The summed E-state index contributed by atoms with van der Waals surface area (Å²) in [7, 11) is 1.64. The molecular weight excluding hydrogens is 388 g/mol. The third kappa shape index (κ3) is 4.31. The van der Waals surface area contributed by atoms with Crippen LogP contribution in [0.4, 0.5) is 0 Å². The molecule has 1 aliphatic carbocycles. The predicted molar refractivity (Wildman–Crippen MR) is 121 cm³/mol. The fourth-order valence-electron chi connectivity index (χ4n) is 5.56. The number of ketones is 2. The van der Waals surface area contributed by atoms with E-state index in [-0.39, 0.29) is 23.4 Å². The second-order valence-corrected chi connectivity index (χ2v) is 9.28. The van der Waals surface area contributed by atoms with E-state index in [1.54, 1.807) is 7.11 Å². The lowest BCUT2D eigenvalue weighted by Crippen LogP contribution is -2.23. The number of hydrogen-bond acceptors (Lipinski definition) is 4. The molecule has 0 amide bonds. The van der Waals surface area contributed by atoms with Crippen LogP contribution in [0.2, 0.25) is 0 Å². The van der Waals surface area contributed by atoms with Gasteiger partial charge < -0.3 is 9.47 Å². The van der Waals surface area contributed by atoms with Crippen LogP contribution >= 0.6 is 0 Å². The highest BCUT2D eigenvalue weighted by Crippen LogP contribution is 2.44. The van der Waals surface area contributed by atoms with E-state index in [2.05, 4.69) is 19.1 Å². The zero-order chi connectivity index (χ0) is 22.1. The number of rotatable bonds is 6. The van der Waals surface area contributed by atoms with Gasteiger partial charge in [0.15, 0.2) is 11.6 Å². The fraction of sp³-hybridized carbons (Fsp3) is 0.481. The minimum atomic E-state index is -0.642. The van der Waals surface area contributed by atoms with Gasteiger partial charge in [-0.15, -0.1) is 0 Å². The Morgan fingerprint density at radius 3 is 2.19 bits per heavy atom. The predicted octanol–water partition coefficient (Wildman–Crippen LogP) is 4.76. The van der Waals surface area contributed by atoms with Gasteiger partial charge in [0.1, 0.15) is 11.7 Å². The summed E-state index contributed by atoms with van der Waals surface area (Å²) in [5, 5.41) is 0. The largest absolute Gasteiger partial charge is 0.497 e. The first-order chi connectivity index (χ1) is 14.9. The average molecular weight is 421 g/mol. The number of hydrogen-bond donors (Lipinski definition) is 0. The average Bonchev–Trinajstić information content (AvgIpc) is 3.32. The van der Waals surface area contributed by atoms with Crippen LogP contribution in [0.5, 0.6) is 5.75 Å². The lowest BCUT2D eigenvalue weighted by Gasteiger charge is -2.20. The summed E-state index contributed by atoms with van der Waals surface area (Å²) in [5.74, 6) is 0.166. The van der Waals surface area contributed by atoms with Crippen molar-refractivity contribution in [3.63, 3.8) is 0 Å². The van der Waals surface area contributed by atoms with Gasteiger partial charge in [0.25, 0.3) is 0 Å². The number of Topliss-reactive ketones (excluding diaryl/α,β-unsaturated/α-hetero) is 2. The molecule has 4 atom stereocenters. The topological polar surface area (TPSA) is 52.6 Å². The van der Waals surface area contributed by atoms with E-state index in [1.807, 2.05) is 38.1 Å². The Kier molecular flexibility index (Phi) is 6.29. The zero-order valence-corrected chi connectivity index (χ0v) is 18.9. The van der Waals surface area contributed by atoms with E-state index in [4.69, 9.17) is 9.47 Å². The molecule has 0 radical (unpaired) electrons. The highest BCUT2D eigenvalue weighted by Gasteiger charge is 2.50. The standard InChI is InChI=1S/C27H32O4/c1-16-11-17(2)24(18(3)12-16)25-26(28)22(13-19-5-7-21(30-4)8-6-19)23(27(25)29)14-20-9-10-31-15-20/h5-8,11-12,20,22-23,25H,9-10,13-15H2,1-4H3. The lowest BCUT2D eigenvalue weighted by atomic mass is 9.82. The van der Waals surface area contributed by atoms with Crippen molar-refractivity contribution in [3.05, 3.63) is 64.2 Å². The molecule has 1 heterocycles. The monoisotopic (exact) mass is 420 g/mol. The molecule has 0 N–H and O–H groups in total. The van der Waals surface area contributed by atoms with Crippen molar-refractivity contribution in [2.45, 2.75) is 46.0 Å². The van der Waals surface area contributed by atoms with Gasteiger partial charge in [0.05, 0.1) is 7.11 Å². The Labute approximate surface area is 185 Å². The Balaban J connectivity index is 1.68. The molecule has 0 bridgehead atoms. The number of ether oxygens (including phenoxy) is 2. The van der Waals surface area contributed by atoms with Gasteiger partial charge in [-0.3, -0.25) is 9.59 Å². The summed E-state index contributed by atoms with van der Waals surface area (Å²) in [6.45, 7) is 7.54. The summed E-state index contributed by atoms with van der Waals surface area (Å²) < 4.78 is 10.8. The molecule has 164 valence electrons. The van der Waals surface area contributed by atoms with Crippen molar-refractivity contribution >= 4 is 11.6 Å². The summed E-state index contributed by atoms with van der Waals surface area (Å²) in [6, 6.07) is 12.0. The van der Waals surface area contributed by atoms with Crippen LogP contribution in [-0.4, -0.2) is 31.9 Å². The summed E-state index contributed by atoms with van der Waals surface area (Å²) in [4.78, 5) is 27.5. The van der Waals surface area contributed by atoms with Crippen LogP contribution in [0, 0.1) is 38.5 Å². The molecule has 2 fully saturated rings. The lowest BCUT2D eigenvalue weighted by molar-refractivity contribution is -0.125. The first-order valence-electron chi connectivity index (χ1n) is 11.2. The molecule has 1 saturated carbocycles. The van der Waals surface area contributed by atoms with Crippen LogP contribution in [0.25, 0.3) is 0 Å². The summed E-state index contributed by atoms with van der Waals surface area (Å²) in [5.41, 5.74) is 5.23. The molecular formula is C27H32O4. The molecule has 4 rings (SSSR count). The van der Waals surface area contributed by atoms with Gasteiger partial charge in [0.2, 0.25) is 0 Å². The Bertz CT molecular complexity index is 946. The molecule has 1 aliphatic heterocycles. The van der Waals surface area contributed by atoms with Crippen molar-refractivity contribution in [1.82, 2.24) is 0 Å². The van der Waals surface area contributed by atoms with E-state index >= 15 is 0 Å². The van der Waals surface area contributed by atoms with Crippen molar-refractivity contribution in [2.75, 3.05) is 20.3 Å². The second kappa shape index (κ2) is 8.96. The van der Waals surface area contributed by atoms with Gasteiger partial charge in [-0.25, -0.2) is 0 Å². The zero-order valence-electron chi connectivity index (χ0n) is 18.9. The van der Waals surface area contributed by atoms with E-state index in [9.17, 15) is 9.59 Å². The minimum absolute atomic E-state index is 0.0831. The number of carbonyl (C=O) groups excluding carboxylic acids is 2. The SMILES string of the molecule is COc1ccc(CC2C(=O)C(c3c(C)cc(C)cc3C)C(=O)C2CC2CCOC2)cc1. The smallest absolute Gasteiger partial charge is 0.151 e. The van der Waals surface area contributed by atoms with Crippen molar-refractivity contribution in [2.24, 2.45) is 17.8 Å². The third-order valence-electron chi connectivity index (χ3n) is 7.04. The molecule has 1 saturated heterocycles. The quantitative estimate of drug-likeness (QED) is 0.633. The molecule has 0 aromatic heterocycles. The maximum atomic E-state index is 13.7. The number of carbonyl (C=O) groups is 2. The number of aryl methyl sites for hydroxylation is 3. The molecule has 2 aromatic carbocycles. The summed E-state index contributed by atoms with van der Waals surface area (Å²) in [6.07, 6.45) is 2.31. The van der Waals surface area contributed by atoms with Gasteiger partial charge in [-0.1, -0.05) is 29.8 Å². The minimum Gasteiger partial charge on any atom is -0.497 e.